The number of hydrogen-bond acceptors (Lipinski definition) is 2. The Hall–Kier alpha value is -1.38. The van der Waals surface area contributed by atoms with Crippen LogP contribution in [0.5, 0.6) is 0 Å². The van der Waals surface area contributed by atoms with Gasteiger partial charge in [0.2, 0.25) is 5.91 Å². The van der Waals surface area contributed by atoms with E-state index in [0.29, 0.717) is 37.1 Å². The van der Waals surface area contributed by atoms with Crippen molar-refractivity contribution in [3.8, 4) is 0 Å². The van der Waals surface area contributed by atoms with Crippen LogP contribution in [0.15, 0.2) is 29.3 Å². The van der Waals surface area contributed by atoms with E-state index in [9.17, 15) is 9.18 Å². The van der Waals surface area contributed by atoms with Gasteiger partial charge >= 0.3 is 0 Å². The smallest absolute Gasteiger partial charge is 0.221 e. The lowest BCUT2D eigenvalue weighted by Crippen LogP contribution is -2.41. The first-order chi connectivity index (χ1) is 12.2. The molecular formula is C19H30FIN4O. The summed E-state index contributed by atoms with van der Waals surface area (Å²) in [5, 5.41) is 9.35. The van der Waals surface area contributed by atoms with Crippen LogP contribution < -0.4 is 16.0 Å². The van der Waals surface area contributed by atoms with Gasteiger partial charge in [-0.2, -0.15) is 0 Å². The Bertz CT molecular complexity index is 576. The Morgan fingerprint density at radius 3 is 2.62 bits per heavy atom. The lowest BCUT2D eigenvalue weighted by molar-refractivity contribution is -0.121. The van der Waals surface area contributed by atoms with E-state index in [1.807, 2.05) is 6.92 Å². The summed E-state index contributed by atoms with van der Waals surface area (Å²) in [6, 6.07) is 6.95. The minimum atomic E-state index is -0.256. The van der Waals surface area contributed by atoms with Gasteiger partial charge in [0, 0.05) is 31.1 Å². The molecule has 0 heterocycles. The van der Waals surface area contributed by atoms with Crippen molar-refractivity contribution in [1.82, 2.24) is 16.0 Å². The standard InChI is InChI=1S/C19H29FN4O.HI/c1-2-21-19(23-14-15-8-6-7-11-17(15)20)22-13-12-18(25)24-16-9-4-3-5-10-16;/h6-8,11,16H,2-5,9-10,12-14H2,1H3,(H,24,25)(H2,21,22,23);1H. The number of rotatable bonds is 7. The first-order valence-electron chi connectivity index (χ1n) is 9.24. The van der Waals surface area contributed by atoms with E-state index < -0.39 is 0 Å². The van der Waals surface area contributed by atoms with E-state index in [0.717, 1.165) is 12.8 Å². The quantitative estimate of drug-likeness (QED) is 0.322. The fourth-order valence-electron chi connectivity index (χ4n) is 2.97. The topological polar surface area (TPSA) is 65.5 Å². The van der Waals surface area contributed by atoms with E-state index in [2.05, 4.69) is 20.9 Å². The van der Waals surface area contributed by atoms with Crippen molar-refractivity contribution in [2.75, 3.05) is 13.1 Å². The van der Waals surface area contributed by atoms with Gasteiger partial charge in [-0.05, 0) is 25.8 Å². The number of nitrogens with one attached hydrogen (secondary N) is 3. The minimum absolute atomic E-state index is 0. The Kier molecular flexibility index (Phi) is 11.2. The molecule has 7 heteroatoms. The average Bonchev–Trinajstić information content (AvgIpc) is 2.61. The molecule has 3 N–H and O–H groups in total. The maximum Gasteiger partial charge on any atom is 0.221 e. The third kappa shape index (κ3) is 8.33. The second-order valence-corrected chi connectivity index (χ2v) is 6.37. The van der Waals surface area contributed by atoms with Gasteiger partial charge in [0.1, 0.15) is 5.82 Å². The van der Waals surface area contributed by atoms with Gasteiger partial charge in [-0.3, -0.25) is 4.79 Å². The fourth-order valence-corrected chi connectivity index (χ4v) is 2.97. The molecule has 2 rings (SSSR count). The Morgan fingerprint density at radius 1 is 1.19 bits per heavy atom. The fraction of sp³-hybridized carbons (Fsp3) is 0.579. The van der Waals surface area contributed by atoms with E-state index in [1.165, 1.54) is 25.3 Å². The molecule has 1 aliphatic carbocycles. The predicted molar refractivity (Wildman–Crippen MR) is 114 cm³/mol. The summed E-state index contributed by atoms with van der Waals surface area (Å²) in [5.41, 5.74) is 0.551. The molecule has 0 bridgehead atoms. The summed E-state index contributed by atoms with van der Waals surface area (Å²) in [6.07, 6.45) is 6.27. The predicted octanol–water partition coefficient (Wildman–Crippen LogP) is 3.34. The molecule has 5 nitrogen and oxygen atoms in total. The molecule has 1 saturated carbocycles. The normalized spacial score (nSPS) is 15.1. The highest BCUT2D eigenvalue weighted by atomic mass is 127. The SMILES string of the molecule is CCNC(=NCc1ccccc1F)NCCC(=O)NC1CCCCC1.I. The van der Waals surface area contributed by atoms with Crippen molar-refractivity contribution in [3.63, 3.8) is 0 Å². The largest absolute Gasteiger partial charge is 0.357 e. The first-order valence-corrected chi connectivity index (χ1v) is 9.24. The molecule has 1 aromatic carbocycles. The third-order valence-corrected chi connectivity index (χ3v) is 4.32. The van der Waals surface area contributed by atoms with Crippen LogP contribution in [0.25, 0.3) is 0 Å². The van der Waals surface area contributed by atoms with Crippen LogP contribution in [-0.4, -0.2) is 31.0 Å². The van der Waals surface area contributed by atoms with Crippen molar-refractivity contribution >= 4 is 35.8 Å². The zero-order chi connectivity index (χ0) is 17.9. The molecule has 1 aliphatic rings. The molecule has 146 valence electrons. The summed E-state index contributed by atoms with van der Waals surface area (Å²) < 4.78 is 13.6. The van der Waals surface area contributed by atoms with E-state index in [-0.39, 0.29) is 42.2 Å². The van der Waals surface area contributed by atoms with Gasteiger partial charge in [-0.15, -0.1) is 24.0 Å². The van der Waals surface area contributed by atoms with Crippen LogP contribution in [-0.2, 0) is 11.3 Å². The molecule has 0 aromatic heterocycles. The number of carbonyl (C=O) groups is 1. The number of benzene rings is 1. The van der Waals surface area contributed by atoms with Crippen molar-refractivity contribution < 1.29 is 9.18 Å². The number of halogens is 2. The van der Waals surface area contributed by atoms with Gasteiger partial charge in [0.05, 0.1) is 6.54 Å². The zero-order valence-corrected chi connectivity index (χ0v) is 17.7. The highest BCUT2D eigenvalue weighted by Crippen LogP contribution is 2.17. The Morgan fingerprint density at radius 2 is 1.92 bits per heavy atom. The summed E-state index contributed by atoms with van der Waals surface area (Å²) in [4.78, 5) is 16.4. The van der Waals surface area contributed by atoms with Crippen LogP contribution >= 0.6 is 24.0 Å². The summed E-state index contributed by atoms with van der Waals surface area (Å²) in [6.45, 7) is 3.44. The Labute approximate surface area is 172 Å². The maximum atomic E-state index is 13.6. The van der Waals surface area contributed by atoms with Crippen molar-refractivity contribution in [3.05, 3.63) is 35.6 Å². The van der Waals surface area contributed by atoms with Crippen LogP contribution in [0.3, 0.4) is 0 Å². The van der Waals surface area contributed by atoms with Crippen LogP contribution in [0.1, 0.15) is 51.0 Å². The molecule has 26 heavy (non-hydrogen) atoms. The van der Waals surface area contributed by atoms with Crippen molar-refractivity contribution in [2.24, 2.45) is 4.99 Å². The van der Waals surface area contributed by atoms with Crippen molar-refractivity contribution in [1.29, 1.82) is 0 Å². The molecular weight excluding hydrogens is 446 g/mol. The van der Waals surface area contributed by atoms with Crippen LogP contribution in [0, 0.1) is 5.82 Å². The number of guanidine groups is 1. The monoisotopic (exact) mass is 476 g/mol. The van der Waals surface area contributed by atoms with Gasteiger partial charge in [0.15, 0.2) is 5.96 Å². The number of hydrogen-bond donors (Lipinski definition) is 3. The summed E-state index contributed by atoms with van der Waals surface area (Å²) in [7, 11) is 0. The molecule has 0 saturated heterocycles. The van der Waals surface area contributed by atoms with Crippen LogP contribution in [0.4, 0.5) is 4.39 Å². The summed E-state index contributed by atoms with van der Waals surface area (Å²) in [5.74, 6) is 0.412. The van der Waals surface area contributed by atoms with E-state index in [4.69, 9.17) is 0 Å². The second-order valence-electron chi connectivity index (χ2n) is 6.37. The molecule has 1 amide bonds. The maximum absolute atomic E-state index is 13.6. The van der Waals surface area contributed by atoms with Crippen LogP contribution in [0.2, 0.25) is 0 Å². The highest BCUT2D eigenvalue weighted by Gasteiger charge is 2.15. The van der Waals surface area contributed by atoms with E-state index in [1.54, 1.807) is 18.2 Å². The zero-order valence-electron chi connectivity index (χ0n) is 15.4. The van der Waals surface area contributed by atoms with Gasteiger partial charge < -0.3 is 16.0 Å². The molecule has 0 aliphatic heterocycles. The van der Waals surface area contributed by atoms with Gasteiger partial charge in [-0.25, -0.2) is 9.38 Å². The number of carbonyl (C=O) groups excluding carboxylic acids is 1. The average molecular weight is 476 g/mol. The molecule has 0 unspecified atom stereocenters. The van der Waals surface area contributed by atoms with Gasteiger partial charge in [-0.1, -0.05) is 37.5 Å². The second kappa shape index (κ2) is 12.9. The van der Waals surface area contributed by atoms with Gasteiger partial charge in [0.25, 0.3) is 0 Å². The number of amides is 1. The molecule has 0 atom stereocenters. The lowest BCUT2D eigenvalue weighted by atomic mass is 9.95. The first kappa shape index (κ1) is 22.7. The van der Waals surface area contributed by atoms with E-state index >= 15 is 0 Å². The molecule has 1 aromatic rings. The summed E-state index contributed by atoms with van der Waals surface area (Å²) >= 11 is 0. The van der Waals surface area contributed by atoms with Crippen molar-refractivity contribution in [2.45, 2.75) is 58.0 Å². The number of aliphatic imine (C=N–C) groups is 1. The number of nitrogens with zero attached hydrogens (tertiary/aromatic N) is 1. The molecule has 1 fully saturated rings. The minimum Gasteiger partial charge on any atom is -0.357 e. The molecule has 0 radical (unpaired) electrons. The Balaban J connectivity index is 0.00000338. The molecule has 0 spiro atoms. The lowest BCUT2D eigenvalue weighted by Gasteiger charge is -2.22. The third-order valence-electron chi connectivity index (χ3n) is 4.32. The highest BCUT2D eigenvalue weighted by molar-refractivity contribution is 14.0.